The maximum atomic E-state index is 12.7. The van der Waals surface area contributed by atoms with Crippen molar-refractivity contribution in [3.8, 4) is 0 Å². The fourth-order valence-electron chi connectivity index (χ4n) is 3.32. The highest BCUT2D eigenvalue weighted by Crippen LogP contribution is 2.53. The number of carbonyl (C=O) groups is 1. The molecule has 1 saturated heterocycles. The molecule has 1 amide bonds. The highest BCUT2D eigenvalue weighted by atomic mass is 16.2. The highest BCUT2D eigenvalue weighted by Gasteiger charge is 2.53. The van der Waals surface area contributed by atoms with Crippen LogP contribution in [-0.4, -0.2) is 29.1 Å². The molecule has 3 heteroatoms. The van der Waals surface area contributed by atoms with E-state index in [2.05, 4.69) is 44.8 Å². The molecule has 2 rings (SSSR count). The van der Waals surface area contributed by atoms with E-state index in [1.54, 1.807) is 0 Å². The van der Waals surface area contributed by atoms with Crippen molar-refractivity contribution in [2.24, 2.45) is 11.3 Å². The summed E-state index contributed by atoms with van der Waals surface area (Å²) in [5.41, 5.74) is 0.0647. The van der Waals surface area contributed by atoms with E-state index in [-0.39, 0.29) is 11.7 Å². The summed E-state index contributed by atoms with van der Waals surface area (Å²) in [7, 11) is 0. The molecular weight excluding hydrogens is 236 g/mol. The summed E-state index contributed by atoms with van der Waals surface area (Å²) in [6.45, 7) is 11.9. The van der Waals surface area contributed by atoms with Gasteiger partial charge in [-0.25, -0.2) is 0 Å². The molecule has 1 heterocycles. The predicted octanol–water partition coefficient (Wildman–Crippen LogP) is 3.15. The van der Waals surface area contributed by atoms with Gasteiger partial charge in [-0.2, -0.15) is 0 Å². The molecule has 2 atom stereocenters. The van der Waals surface area contributed by atoms with Crippen molar-refractivity contribution in [1.29, 1.82) is 0 Å². The van der Waals surface area contributed by atoms with Crippen molar-refractivity contribution < 1.29 is 4.79 Å². The van der Waals surface area contributed by atoms with Crippen LogP contribution >= 0.6 is 0 Å². The van der Waals surface area contributed by atoms with Crippen LogP contribution in [0.4, 0.5) is 0 Å². The Kier molecular flexibility index (Phi) is 3.97. The summed E-state index contributed by atoms with van der Waals surface area (Å²) in [6, 6.07) is 0. The quantitative estimate of drug-likeness (QED) is 0.801. The summed E-state index contributed by atoms with van der Waals surface area (Å²) >= 11 is 0. The van der Waals surface area contributed by atoms with Crippen molar-refractivity contribution in [2.45, 2.75) is 78.4 Å². The van der Waals surface area contributed by atoms with Gasteiger partial charge in [0, 0.05) is 6.54 Å². The fourth-order valence-corrected chi connectivity index (χ4v) is 3.32. The van der Waals surface area contributed by atoms with Gasteiger partial charge in [-0.3, -0.25) is 10.1 Å². The van der Waals surface area contributed by atoms with Gasteiger partial charge in [-0.05, 0) is 43.9 Å². The summed E-state index contributed by atoms with van der Waals surface area (Å²) in [4.78, 5) is 14.9. The van der Waals surface area contributed by atoms with Crippen molar-refractivity contribution in [3.05, 3.63) is 0 Å². The van der Waals surface area contributed by atoms with Gasteiger partial charge in [0.15, 0.2) is 0 Å². The second kappa shape index (κ2) is 5.08. The second-order valence-electron chi connectivity index (χ2n) is 7.08. The Labute approximate surface area is 118 Å². The molecule has 0 aromatic heterocycles. The van der Waals surface area contributed by atoms with Crippen LogP contribution in [0.25, 0.3) is 0 Å². The van der Waals surface area contributed by atoms with Gasteiger partial charge in [-0.1, -0.05) is 34.1 Å². The summed E-state index contributed by atoms with van der Waals surface area (Å²) < 4.78 is 0. The molecular formula is C16H30N2O. The third-order valence-corrected chi connectivity index (χ3v) is 5.47. The maximum Gasteiger partial charge on any atom is 0.243 e. The SMILES string of the molecule is CCCC1NC(C)(CC)C(=O)N1CC1(C(C)C)CC1. The number of hydrogen-bond acceptors (Lipinski definition) is 2. The van der Waals surface area contributed by atoms with Crippen LogP contribution in [0.15, 0.2) is 0 Å². The minimum absolute atomic E-state index is 0.249. The number of hydrogen-bond donors (Lipinski definition) is 1. The van der Waals surface area contributed by atoms with Crippen LogP contribution in [0.2, 0.25) is 0 Å². The van der Waals surface area contributed by atoms with Crippen molar-refractivity contribution in [1.82, 2.24) is 10.2 Å². The first-order chi connectivity index (χ1) is 8.88. The van der Waals surface area contributed by atoms with Gasteiger partial charge >= 0.3 is 0 Å². The molecule has 1 N–H and O–H groups in total. The second-order valence-corrected chi connectivity index (χ2v) is 7.08. The lowest BCUT2D eigenvalue weighted by molar-refractivity contribution is -0.134. The Hall–Kier alpha value is -0.570. The van der Waals surface area contributed by atoms with Crippen LogP contribution in [0, 0.1) is 11.3 Å². The molecule has 1 saturated carbocycles. The van der Waals surface area contributed by atoms with E-state index >= 15 is 0 Å². The Morgan fingerprint density at radius 1 is 1.37 bits per heavy atom. The number of carbonyl (C=O) groups excluding carboxylic acids is 1. The molecule has 2 fully saturated rings. The zero-order valence-corrected chi connectivity index (χ0v) is 13.3. The zero-order chi connectivity index (χ0) is 14.3. The monoisotopic (exact) mass is 266 g/mol. The first kappa shape index (κ1) is 14.8. The number of nitrogens with one attached hydrogen (secondary N) is 1. The predicted molar refractivity (Wildman–Crippen MR) is 78.7 cm³/mol. The smallest absolute Gasteiger partial charge is 0.243 e. The molecule has 3 nitrogen and oxygen atoms in total. The number of amides is 1. The van der Waals surface area contributed by atoms with Crippen LogP contribution in [0.5, 0.6) is 0 Å². The lowest BCUT2D eigenvalue weighted by Crippen LogP contribution is -2.44. The van der Waals surface area contributed by atoms with Crippen LogP contribution in [0.3, 0.4) is 0 Å². The van der Waals surface area contributed by atoms with E-state index < -0.39 is 0 Å². The normalized spacial score (nSPS) is 33.3. The van der Waals surface area contributed by atoms with Crippen LogP contribution < -0.4 is 5.32 Å². The molecule has 0 aromatic carbocycles. The lowest BCUT2D eigenvalue weighted by atomic mass is 9.91. The largest absolute Gasteiger partial charge is 0.325 e. The van der Waals surface area contributed by atoms with E-state index in [0.717, 1.165) is 25.8 Å². The summed E-state index contributed by atoms with van der Waals surface area (Å²) in [5, 5.41) is 3.58. The third-order valence-electron chi connectivity index (χ3n) is 5.47. The standard InChI is InChI=1S/C16H30N2O/c1-6-8-13-17-15(5,7-2)14(19)18(13)11-16(9-10-16)12(3)4/h12-13,17H,6-11H2,1-5H3. The van der Waals surface area contributed by atoms with Crippen molar-refractivity contribution >= 4 is 5.91 Å². The zero-order valence-electron chi connectivity index (χ0n) is 13.3. The van der Waals surface area contributed by atoms with Gasteiger partial charge in [0.05, 0.1) is 11.7 Å². The molecule has 110 valence electrons. The molecule has 1 aliphatic heterocycles. The van der Waals surface area contributed by atoms with Gasteiger partial charge in [0.1, 0.15) is 0 Å². The molecule has 0 spiro atoms. The lowest BCUT2D eigenvalue weighted by Gasteiger charge is -2.30. The van der Waals surface area contributed by atoms with E-state index in [1.165, 1.54) is 12.8 Å². The van der Waals surface area contributed by atoms with E-state index in [0.29, 0.717) is 17.2 Å². The molecule has 1 aliphatic carbocycles. The Morgan fingerprint density at radius 2 is 2.00 bits per heavy atom. The maximum absolute atomic E-state index is 12.7. The average molecular weight is 266 g/mol. The average Bonchev–Trinajstić information content (AvgIpc) is 3.11. The van der Waals surface area contributed by atoms with E-state index in [4.69, 9.17) is 0 Å². The Balaban J connectivity index is 2.14. The van der Waals surface area contributed by atoms with Gasteiger partial charge < -0.3 is 4.90 Å². The van der Waals surface area contributed by atoms with E-state index in [1.807, 2.05) is 0 Å². The Bertz CT molecular complexity index is 349. The molecule has 0 aromatic rings. The minimum Gasteiger partial charge on any atom is -0.325 e. The topological polar surface area (TPSA) is 32.3 Å². The molecule has 0 radical (unpaired) electrons. The summed E-state index contributed by atoms with van der Waals surface area (Å²) in [6.07, 6.45) is 5.88. The van der Waals surface area contributed by atoms with E-state index in [9.17, 15) is 4.79 Å². The van der Waals surface area contributed by atoms with Gasteiger partial charge in [0.25, 0.3) is 0 Å². The first-order valence-corrected chi connectivity index (χ1v) is 7.97. The molecule has 2 unspecified atom stereocenters. The van der Waals surface area contributed by atoms with Gasteiger partial charge in [-0.15, -0.1) is 0 Å². The number of rotatable bonds is 6. The van der Waals surface area contributed by atoms with Crippen molar-refractivity contribution in [3.63, 3.8) is 0 Å². The van der Waals surface area contributed by atoms with Crippen molar-refractivity contribution in [2.75, 3.05) is 6.54 Å². The highest BCUT2D eigenvalue weighted by molar-refractivity contribution is 5.88. The molecule has 0 bridgehead atoms. The first-order valence-electron chi connectivity index (χ1n) is 7.97. The number of nitrogens with zero attached hydrogens (tertiary/aromatic N) is 1. The van der Waals surface area contributed by atoms with Crippen LogP contribution in [0.1, 0.15) is 66.7 Å². The van der Waals surface area contributed by atoms with Gasteiger partial charge in [0.2, 0.25) is 5.91 Å². The minimum atomic E-state index is -0.340. The third kappa shape index (κ3) is 2.54. The van der Waals surface area contributed by atoms with Crippen LogP contribution in [-0.2, 0) is 4.79 Å². The summed E-state index contributed by atoms with van der Waals surface area (Å²) in [5.74, 6) is 0.997. The molecule has 19 heavy (non-hydrogen) atoms. The molecule has 2 aliphatic rings. The fraction of sp³-hybridized carbons (Fsp3) is 0.938. The Morgan fingerprint density at radius 3 is 2.42 bits per heavy atom.